The monoisotopic (exact) mass is 430 g/mol. The van der Waals surface area contributed by atoms with E-state index >= 15 is 0 Å². The maximum absolute atomic E-state index is 13.3. The van der Waals surface area contributed by atoms with E-state index in [9.17, 15) is 18.0 Å². The van der Waals surface area contributed by atoms with Gasteiger partial charge in [-0.3, -0.25) is 9.59 Å². The second-order valence-electron chi connectivity index (χ2n) is 7.41. The first-order valence-corrected chi connectivity index (χ1v) is 11.3. The minimum Gasteiger partial charge on any atom is -0.469 e. The van der Waals surface area contributed by atoms with Crippen LogP contribution in [0.1, 0.15) is 40.7 Å². The lowest BCUT2D eigenvalue weighted by molar-refractivity contribution is -0.140. The van der Waals surface area contributed by atoms with Crippen LogP contribution in [0.3, 0.4) is 0 Å². The molecule has 0 aromatic heterocycles. The zero-order valence-corrected chi connectivity index (χ0v) is 17.9. The van der Waals surface area contributed by atoms with Gasteiger partial charge in [0.1, 0.15) is 0 Å². The molecule has 30 heavy (non-hydrogen) atoms. The number of rotatable bonds is 9. The fraction of sp³-hybridized carbons (Fsp3) is 0.364. The number of methoxy groups -OCH3 is 1. The molecule has 0 heterocycles. The molecule has 2 aromatic rings. The quantitative estimate of drug-likeness (QED) is 0.618. The van der Waals surface area contributed by atoms with Crippen LogP contribution in [0.2, 0.25) is 0 Å². The SMILES string of the molecule is COC(=O)CCN(Cc1ccccc1)C(=O)c1cc(S(=O)(=O)NC2CC2)ccc1C. The lowest BCUT2D eigenvalue weighted by atomic mass is 10.1. The highest BCUT2D eigenvalue weighted by molar-refractivity contribution is 7.89. The molecule has 0 unspecified atom stereocenters. The Morgan fingerprint density at radius 2 is 1.83 bits per heavy atom. The third-order valence-corrected chi connectivity index (χ3v) is 6.48. The average Bonchev–Trinajstić information content (AvgIpc) is 3.54. The van der Waals surface area contributed by atoms with Crippen LogP contribution in [-0.2, 0) is 26.1 Å². The summed E-state index contributed by atoms with van der Waals surface area (Å²) in [6.07, 6.45) is 1.71. The maximum Gasteiger partial charge on any atom is 0.307 e. The van der Waals surface area contributed by atoms with Gasteiger partial charge < -0.3 is 9.64 Å². The molecule has 0 saturated heterocycles. The largest absolute Gasteiger partial charge is 0.469 e. The van der Waals surface area contributed by atoms with Crippen LogP contribution < -0.4 is 4.72 Å². The second-order valence-corrected chi connectivity index (χ2v) is 9.12. The van der Waals surface area contributed by atoms with Gasteiger partial charge in [0.2, 0.25) is 10.0 Å². The number of nitrogens with zero attached hydrogens (tertiary/aromatic N) is 1. The molecule has 1 amide bonds. The maximum atomic E-state index is 13.3. The van der Waals surface area contributed by atoms with Crippen LogP contribution in [0, 0.1) is 6.92 Å². The molecule has 1 aliphatic carbocycles. The molecule has 3 rings (SSSR count). The highest BCUT2D eigenvalue weighted by atomic mass is 32.2. The lowest BCUT2D eigenvalue weighted by Gasteiger charge is -2.24. The molecular weight excluding hydrogens is 404 g/mol. The summed E-state index contributed by atoms with van der Waals surface area (Å²) >= 11 is 0. The van der Waals surface area contributed by atoms with Gasteiger partial charge in [-0.05, 0) is 43.0 Å². The summed E-state index contributed by atoms with van der Waals surface area (Å²) in [5.41, 5.74) is 1.88. The molecule has 8 heteroatoms. The van der Waals surface area contributed by atoms with E-state index in [1.54, 1.807) is 17.9 Å². The number of benzene rings is 2. The Balaban J connectivity index is 1.88. The zero-order valence-electron chi connectivity index (χ0n) is 17.1. The van der Waals surface area contributed by atoms with E-state index in [-0.39, 0.29) is 29.8 Å². The van der Waals surface area contributed by atoms with Gasteiger partial charge in [0.25, 0.3) is 5.91 Å². The molecule has 160 valence electrons. The van der Waals surface area contributed by atoms with Crippen molar-refractivity contribution in [3.05, 3.63) is 65.2 Å². The van der Waals surface area contributed by atoms with Gasteiger partial charge in [-0.2, -0.15) is 0 Å². The van der Waals surface area contributed by atoms with Crippen LogP contribution >= 0.6 is 0 Å². The van der Waals surface area contributed by atoms with Crippen molar-refractivity contribution < 1.29 is 22.7 Å². The number of esters is 1. The first-order chi connectivity index (χ1) is 14.3. The minimum atomic E-state index is -3.68. The van der Waals surface area contributed by atoms with Crippen LogP contribution in [0.15, 0.2) is 53.4 Å². The number of sulfonamides is 1. The fourth-order valence-corrected chi connectivity index (χ4v) is 4.37. The molecule has 1 saturated carbocycles. The summed E-state index contributed by atoms with van der Waals surface area (Å²) in [4.78, 5) is 26.6. The molecule has 1 fully saturated rings. The highest BCUT2D eigenvalue weighted by Gasteiger charge is 2.29. The number of aryl methyl sites for hydroxylation is 1. The Hall–Kier alpha value is -2.71. The molecule has 0 bridgehead atoms. The van der Waals surface area contributed by atoms with Crippen LogP contribution in [0.4, 0.5) is 0 Å². The molecule has 0 aliphatic heterocycles. The minimum absolute atomic E-state index is 0.0231. The van der Waals surface area contributed by atoms with E-state index in [2.05, 4.69) is 4.72 Å². The standard InChI is InChI=1S/C22H26N2O5S/c1-16-8-11-19(30(27,28)23-18-9-10-18)14-20(16)22(26)24(13-12-21(25)29-2)15-17-6-4-3-5-7-17/h3-8,11,14,18,23H,9-10,12-13,15H2,1-2H3. The van der Waals surface area contributed by atoms with Crippen molar-refractivity contribution in [1.29, 1.82) is 0 Å². The number of nitrogens with one attached hydrogen (secondary N) is 1. The number of carbonyl (C=O) groups is 2. The first-order valence-electron chi connectivity index (χ1n) is 9.83. The average molecular weight is 431 g/mol. The second kappa shape index (κ2) is 9.40. The predicted octanol–water partition coefficient (Wildman–Crippen LogP) is 2.64. The normalized spacial score (nSPS) is 13.7. The molecule has 7 nitrogen and oxygen atoms in total. The third kappa shape index (κ3) is 5.67. The molecule has 0 spiro atoms. The van der Waals surface area contributed by atoms with E-state index in [0.29, 0.717) is 17.7 Å². The Labute approximate surface area is 177 Å². The molecule has 1 aliphatic rings. The van der Waals surface area contributed by atoms with Crippen molar-refractivity contribution in [3.63, 3.8) is 0 Å². The van der Waals surface area contributed by atoms with Crippen LogP contribution in [0.5, 0.6) is 0 Å². The molecule has 1 N–H and O–H groups in total. The van der Waals surface area contributed by atoms with E-state index in [0.717, 1.165) is 18.4 Å². The van der Waals surface area contributed by atoms with Crippen molar-refractivity contribution in [2.24, 2.45) is 0 Å². The summed E-state index contributed by atoms with van der Waals surface area (Å²) < 4.78 is 32.5. The summed E-state index contributed by atoms with van der Waals surface area (Å²) in [6.45, 7) is 2.23. The molecular formula is C22H26N2O5S. The number of carbonyl (C=O) groups excluding carboxylic acids is 2. The Morgan fingerprint density at radius 1 is 1.13 bits per heavy atom. The van der Waals surface area contributed by atoms with Crippen LogP contribution in [0.25, 0.3) is 0 Å². The van der Waals surface area contributed by atoms with E-state index in [4.69, 9.17) is 4.74 Å². The Morgan fingerprint density at radius 3 is 2.47 bits per heavy atom. The van der Waals surface area contributed by atoms with E-state index < -0.39 is 16.0 Å². The van der Waals surface area contributed by atoms with Gasteiger partial charge in [0, 0.05) is 24.7 Å². The summed E-state index contributed by atoms with van der Waals surface area (Å²) in [5.74, 6) is -0.744. The topological polar surface area (TPSA) is 92.8 Å². The number of hydrogen-bond donors (Lipinski definition) is 1. The Kier molecular flexibility index (Phi) is 6.89. The smallest absolute Gasteiger partial charge is 0.307 e. The third-order valence-electron chi connectivity index (χ3n) is 4.97. The highest BCUT2D eigenvalue weighted by Crippen LogP contribution is 2.24. The number of ether oxygens (including phenoxy) is 1. The number of amides is 1. The van der Waals surface area contributed by atoms with Gasteiger partial charge >= 0.3 is 5.97 Å². The lowest BCUT2D eigenvalue weighted by Crippen LogP contribution is -2.33. The first kappa shape index (κ1) is 22.0. The summed E-state index contributed by atoms with van der Waals surface area (Å²) in [5, 5.41) is 0. The van der Waals surface area contributed by atoms with Gasteiger partial charge in [-0.1, -0.05) is 36.4 Å². The van der Waals surface area contributed by atoms with Gasteiger partial charge in [0.05, 0.1) is 18.4 Å². The van der Waals surface area contributed by atoms with Crippen molar-refractivity contribution in [1.82, 2.24) is 9.62 Å². The molecule has 0 radical (unpaired) electrons. The van der Waals surface area contributed by atoms with Crippen LogP contribution in [-0.4, -0.2) is 44.9 Å². The van der Waals surface area contributed by atoms with Crippen molar-refractivity contribution in [2.75, 3.05) is 13.7 Å². The predicted molar refractivity (Wildman–Crippen MR) is 112 cm³/mol. The van der Waals surface area contributed by atoms with Crippen molar-refractivity contribution in [3.8, 4) is 0 Å². The molecule has 2 aromatic carbocycles. The zero-order chi connectivity index (χ0) is 21.7. The van der Waals surface area contributed by atoms with Gasteiger partial charge in [-0.15, -0.1) is 0 Å². The fourth-order valence-electron chi connectivity index (χ4n) is 3.04. The van der Waals surface area contributed by atoms with Gasteiger partial charge in [-0.25, -0.2) is 13.1 Å². The number of hydrogen-bond acceptors (Lipinski definition) is 5. The van der Waals surface area contributed by atoms with E-state index in [1.807, 2.05) is 30.3 Å². The van der Waals surface area contributed by atoms with E-state index in [1.165, 1.54) is 19.2 Å². The summed E-state index contributed by atoms with van der Waals surface area (Å²) in [7, 11) is -2.38. The summed E-state index contributed by atoms with van der Waals surface area (Å²) in [6, 6.07) is 14.0. The van der Waals surface area contributed by atoms with Gasteiger partial charge in [0.15, 0.2) is 0 Å². The van der Waals surface area contributed by atoms with Crippen molar-refractivity contribution in [2.45, 2.75) is 43.7 Å². The Bertz CT molecular complexity index is 1020. The van der Waals surface area contributed by atoms with Crippen molar-refractivity contribution >= 4 is 21.9 Å². The molecule has 0 atom stereocenters.